The minimum absolute atomic E-state index is 0.0313. The fraction of sp³-hybridized carbons (Fsp3) is 1.00. The van der Waals surface area contributed by atoms with E-state index in [0.29, 0.717) is 5.41 Å². The van der Waals surface area contributed by atoms with E-state index >= 15 is 0 Å². The molecule has 0 unspecified atom stereocenters. The summed E-state index contributed by atoms with van der Waals surface area (Å²) in [7, 11) is 0. The molecule has 0 aliphatic heterocycles. The molecule has 2 rings (SSSR count). The van der Waals surface area contributed by atoms with Crippen LogP contribution in [0.4, 0.5) is 0 Å². The molecule has 0 amide bonds. The van der Waals surface area contributed by atoms with Crippen LogP contribution in [0.15, 0.2) is 0 Å². The first-order valence-electron chi connectivity index (χ1n) is 4.66. The summed E-state index contributed by atoms with van der Waals surface area (Å²) in [6.07, 6.45) is 3.58. The van der Waals surface area contributed by atoms with Gasteiger partial charge in [0.15, 0.2) is 0 Å². The largest absolute Gasteiger partial charge is 0.393 e. The van der Waals surface area contributed by atoms with E-state index in [1.54, 1.807) is 0 Å². The Kier molecular flexibility index (Phi) is 1.26. The van der Waals surface area contributed by atoms with E-state index in [-0.39, 0.29) is 11.5 Å². The second-order valence-electron chi connectivity index (χ2n) is 5.13. The summed E-state index contributed by atoms with van der Waals surface area (Å²) < 4.78 is 0. The average Bonchev–Trinajstić information content (AvgIpc) is 2.20. The van der Waals surface area contributed by atoms with Gasteiger partial charge in [-0.3, -0.25) is 0 Å². The molecule has 0 aromatic heterocycles. The zero-order valence-corrected chi connectivity index (χ0v) is 7.72. The molecule has 0 spiro atoms. The topological polar surface area (TPSA) is 20.2 Å². The second-order valence-corrected chi connectivity index (χ2v) is 5.13. The number of fused-ring (bicyclic) bond motifs is 2. The fourth-order valence-corrected chi connectivity index (χ4v) is 3.16. The lowest BCUT2D eigenvalue weighted by atomic mass is 9.70. The number of hydrogen-bond acceptors (Lipinski definition) is 1. The van der Waals surface area contributed by atoms with Crippen molar-refractivity contribution >= 4 is 0 Å². The third-order valence-corrected chi connectivity index (χ3v) is 4.75. The molecule has 2 aliphatic carbocycles. The molecule has 2 fully saturated rings. The summed E-state index contributed by atoms with van der Waals surface area (Å²) in [5, 5.41) is 9.81. The number of aliphatic hydroxyl groups excluding tert-OH is 1. The maximum Gasteiger partial charge on any atom is 0.0601 e. The number of rotatable bonds is 0. The van der Waals surface area contributed by atoms with Gasteiger partial charge >= 0.3 is 0 Å². The Bertz CT molecular complexity index is 185. The lowest BCUT2D eigenvalue weighted by molar-refractivity contribution is 0.0126. The van der Waals surface area contributed by atoms with E-state index in [1.165, 1.54) is 12.8 Å². The number of hydrogen-bond donors (Lipinski definition) is 1. The minimum Gasteiger partial charge on any atom is -0.393 e. The normalized spacial score (nSPS) is 53.5. The summed E-state index contributed by atoms with van der Waals surface area (Å²) >= 11 is 0. The predicted octanol–water partition coefficient (Wildman–Crippen LogP) is 2.19. The van der Waals surface area contributed by atoms with Gasteiger partial charge in [-0.05, 0) is 36.0 Å². The Morgan fingerprint density at radius 3 is 2.09 bits per heavy atom. The maximum absolute atomic E-state index is 9.81. The molecule has 1 heteroatoms. The first kappa shape index (κ1) is 7.60. The van der Waals surface area contributed by atoms with Crippen molar-refractivity contribution in [2.75, 3.05) is 0 Å². The molecule has 2 bridgehead atoms. The van der Waals surface area contributed by atoms with Crippen LogP contribution in [0.2, 0.25) is 0 Å². The molecule has 0 heterocycles. The molecule has 11 heavy (non-hydrogen) atoms. The summed E-state index contributed by atoms with van der Waals surface area (Å²) in [5.41, 5.74) is 0.601. The summed E-state index contributed by atoms with van der Waals surface area (Å²) in [6, 6.07) is 0. The van der Waals surface area contributed by atoms with Gasteiger partial charge in [0.25, 0.3) is 0 Å². The SMILES string of the molecule is CC1(C)[C@H]2CC[C@@]1(C)[C@@H](O)C2. The van der Waals surface area contributed by atoms with E-state index in [0.717, 1.165) is 12.3 Å². The summed E-state index contributed by atoms with van der Waals surface area (Å²) in [6.45, 7) is 6.90. The molecule has 0 aromatic carbocycles. The predicted molar refractivity (Wildman–Crippen MR) is 45.2 cm³/mol. The third kappa shape index (κ3) is 0.658. The van der Waals surface area contributed by atoms with Gasteiger partial charge in [0.2, 0.25) is 0 Å². The molecule has 2 aliphatic rings. The average molecular weight is 154 g/mol. The fourth-order valence-electron chi connectivity index (χ4n) is 3.16. The van der Waals surface area contributed by atoms with Gasteiger partial charge in [-0.15, -0.1) is 0 Å². The van der Waals surface area contributed by atoms with Crippen LogP contribution < -0.4 is 0 Å². The van der Waals surface area contributed by atoms with Crippen molar-refractivity contribution in [1.29, 1.82) is 0 Å². The minimum atomic E-state index is -0.0313. The highest BCUT2D eigenvalue weighted by molar-refractivity contribution is 5.10. The van der Waals surface area contributed by atoms with E-state index in [2.05, 4.69) is 20.8 Å². The molecule has 64 valence electrons. The Balaban J connectivity index is 2.40. The van der Waals surface area contributed by atoms with Crippen molar-refractivity contribution in [1.82, 2.24) is 0 Å². The molecule has 0 saturated heterocycles. The lowest BCUT2D eigenvalue weighted by Crippen LogP contribution is -2.35. The van der Waals surface area contributed by atoms with Crippen LogP contribution in [-0.4, -0.2) is 11.2 Å². The number of aliphatic hydroxyl groups is 1. The zero-order valence-electron chi connectivity index (χ0n) is 7.72. The second kappa shape index (κ2) is 1.82. The van der Waals surface area contributed by atoms with Gasteiger partial charge in [0.05, 0.1) is 6.10 Å². The van der Waals surface area contributed by atoms with Crippen molar-refractivity contribution in [3.05, 3.63) is 0 Å². The first-order valence-corrected chi connectivity index (χ1v) is 4.66. The highest BCUT2D eigenvalue weighted by atomic mass is 16.3. The molecule has 2 saturated carbocycles. The van der Waals surface area contributed by atoms with Crippen LogP contribution in [0, 0.1) is 16.7 Å². The molecule has 0 radical (unpaired) electrons. The van der Waals surface area contributed by atoms with Gasteiger partial charge in [0, 0.05) is 0 Å². The smallest absolute Gasteiger partial charge is 0.0601 e. The van der Waals surface area contributed by atoms with Crippen LogP contribution >= 0.6 is 0 Å². The van der Waals surface area contributed by atoms with Crippen LogP contribution in [0.3, 0.4) is 0 Å². The molecule has 0 aromatic rings. The molecule has 1 nitrogen and oxygen atoms in total. The van der Waals surface area contributed by atoms with Crippen LogP contribution in [0.25, 0.3) is 0 Å². The summed E-state index contributed by atoms with van der Waals surface area (Å²) in [5.74, 6) is 0.780. The van der Waals surface area contributed by atoms with Gasteiger partial charge in [-0.1, -0.05) is 20.8 Å². The zero-order chi connectivity index (χ0) is 8.28. The van der Waals surface area contributed by atoms with Crippen LogP contribution in [-0.2, 0) is 0 Å². The van der Waals surface area contributed by atoms with Gasteiger partial charge in [-0.2, -0.15) is 0 Å². The monoisotopic (exact) mass is 154 g/mol. The van der Waals surface area contributed by atoms with E-state index in [9.17, 15) is 5.11 Å². The lowest BCUT2D eigenvalue weighted by Gasteiger charge is -2.36. The molecular weight excluding hydrogens is 136 g/mol. The molecule has 3 atom stereocenters. The first-order chi connectivity index (χ1) is 4.98. The van der Waals surface area contributed by atoms with Crippen molar-refractivity contribution in [3.8, 4) is 0 Å². The molecular formula is C10H18O. The van der Waals surface area contributed by atoms with E-state index in [4.69, 9.17) is 0 Å². The quantitative estimate of drug-likeness (QED) is 0.567. The van der Waals surface area contributed by atoms with Gasteiger partial charge in [-0.25, -0.2) is 0 Å². The third-order valence-electron chi connectivity index (χ3n) is 4.75. The van der Waals surface area contributed by atoms with E-state index < -0.39 is 0 Å². The highest BCUT2D eigenvalue weighted by Gasteiger charge is 2.60. The Morgan fingerprint density at radius 2 is 1.91 bits per heavy atom. The maximum atomic E-state index is 9.81. The van der Waals surface area contributed by atoms with Gasteiger partial charge in [0.1, 0.15) is 0 Å². The molecule has 1 N–H and O–H groups in total. The van der Waals surface area contributed by atoms with Crippen molar-refractivity contribution in [2.24, 2.45) is 16.7 Å². The Labute approximate surface area is 68.8 Å². The highest BCUT2D eigenvalue weighted by Crippen LogP contribution is 2.65. The van der Waals surface area contributed by atoms with E-state index in [1.807, 2.05) is 0 Å². The van der Waals surface area contributed by atoms with Crippen molar-refractivity contribution < 1.29 is 5.11 Å². The van der Waals surface area contributed by atoms with Gasteiger partial charge < -0.3 is 5.11 Å². The Hall–Kier alpha value is -0.0400. The van der Waals surface area contributed by atoms with Crippen molar-refractivity contribution in [3.63, 3.8) is 0 Å². The standard InChI is InChI=1S/C10H18O/c1-9(2)7-4-5-10(9,3)8(11)6-7/h7-8,11H,4-6H2,1-3H3/t7-,8-,10-/m0/s1. The van der Waals surface area contributed by atoms with Crippen molar-refractivity contribution in [2.45, 2.75) is 46.1 Å². The van der Waals surface area contributed by atoms with Crippen LogP contribution in [0.1, 0.15) is 40.0 Å². The Morgan fingerprint density at radius 1 is 1.27 bits per heavy atom. The summed E-state index contributed by atoms with van der Waals surface area (Å²) in [4.78, 5) is 0. The van der Waals surface area contributed by atoms with Crippen LogP contribution in [0.5, 0.6) is 0 Å².